The van der Waals surface area contributed by atoms with E-state index in [1.807, 2.05) is 0 Å². The Hall–Kier alpha value is -2.50. The first-order valence-electron chi connectivity index (χ1n) is 6.05. The molecule has 0 atom stereocenters. The van der Waals surface area contributed by atoms with Gasteiger partial charge in [-0.2, -0.15) is 0 Å². The molecule has 1 heterocycles. The van der Waals surface area contributed by atoms with Gasteiger partial charge in [-0.15, -0.1) is 0 Å². The number of fused-ring (bicyclic) bond motifs is 1. The molecule has 0 spiro atoms. The summed E-state index contributed by atoms with van der Waals surface area (Å²) >= 11 is 0. The van der Waals surface area contributed by atoms with Gasteiger partial charge in [0.05, 0.1) is 19.7 Å². The molecule has 0 unspecified atom stereocenters. The SMILES string of the molecule is COc1ccc(OC)c2[nH]c(=O)c(CCC(=O)O)cc12. The van der Waals surface area contributed by atoms with Crippen molar-refractivity contribution in [2.45, 2.75) is 12.8 Å². The zero-order valence-corrected chi connectivity index (χ0v) is 11.2. The van der Waals surface area contributed by atoms with Crippen LogP contribution in [0.1, 0.15) is 12.0 Å². The van der Waals surface area contributed by atoms with Gasteiger partial charge in [-0.05, 0) is 24.6 Å². The van der Waals surface area contributed by atoms with Crippen molar-refractivity contribution in [3.63, 3.8) is 0 Å². The predicted molar refractivity (Wildman–Crippen MR) is 73.6 cm³/mol. The quantitative estimate of drug-likeness (QED) is 0.865. The Bertz CT molecular complexity index is 705. The summed E-state index contributed by atoms with van der Waals surface area (Å²) in [6.07, 6.45) is 0.0713. The van der Waals surface area contributed by atoms with Gasteiger partial charge in [-0.1, -0.05) is 0 Å². The van der Waals surface area contributed by atoms with Crippen molar-refractivity contribution in [1.29, 1.82) is 0 Å². The van der Waals surface area contributed by atoms with Crippen molar-refractivity contribution in [3.05, 3.63) is 34.1 Å². The maximum absolute atomic E-state index is 12.0. The van der Waals surface area contributed by atoms with Gasteiger partial charge < -0.3 is 19.6 Å². The number of carboxylic acids is 1. The van der Waals surface area contributed by atoms with Crippen LogP contribution in [0.5, 0.6) is 11.5 Å². The summed E-state index contributed by atoms with van der Waals surface area (Å²) in [4.78, 5) is 25.3. The Morgan fingerprint density at radius 1 is 1.25 bits per heavy atom. The van der Waals surface area contributed by atoms with Gasteiger partial charge in [0.25, 0.3) is 5.56 Å². The van der Waals surface area contributed by atoms with Gasteiger partial charge in [0.15, 0.2) is 0 Å². The van der Waals surface area contributed by atoms with Gasteiger partial charge in [0, 0.05) is 17.4 Å². The van der Waals surface area contributed by atoms with E-state index in [0.29, 0.717) is 28.0 Å². The highest BCUT2D eigenvalue weighted by Crippen LogP contribution is 2.31. The van der Waals surface area contributed by atoms with Crippen LogP contribution in [0.4, 0.5) is 0 Å². The number of aryl methyl sites for hydroxylation is 1. The zero-order chi connectivity index (χ0) is 14.7. The van der Waals surface area contributed by atoms with Crippen LogP contribution in [0.25, 0.3) is 10.9 Å². The monoisotopic (exact) mass is 277 g/mol. The van der Waals surface area contributed by atoms with Crippen molar-refractivity contribution in [2.75, 3.05) is 14.2 Å². The number of nitrogens with one attached hydrogen (secondary N) is 1. The van der Waals surface area contributed by atoms with Crippen LogP contribution in [-0.2, 0) is 11.2 Å². The Morgan fingerprint density at radius 2 is 1.90 bits per heavy atom. The van der Waals surface area contributed by atoms with Crippen LogP contribution in [0.3, 0.4) is 0 Å². The van der Waals surface area contributed by atoms with Crippen molar-refractivity contribution >= 4 is 16.9 Å². The Labute approximate surface area is 115 Å². The first-order chi connectivity index (χ1) is 9.56. The Kier molecular flexibility index (Phi) is 3.93. The fraction of sp³-hybridized carbons (Fsp3) is 0.286. The predicted octanol–water partition coefficient (Wildman–Crippen LogP) is 1.56. The lowest BCUT2D eigenvalue weighted by Gasteiger charge is -2.10. The minimum absolute atomic E-state index is 0.0964. The van der Waals surface area contributed by atoms with Gasteiger partial charge in [0.2, 0.25) is 0 Å². The lowest BCUT2D eigenvalue weighted by Crippen LogP contribution is -2.14. The number of aliphatic carboxylic acids is 1. The zero-order valence-electron chi connectivity index (χ0n) is 11.2. The third-order valence-electron chi connectivity index (χ3n) is 3.06. The first kappa shape index (κ1) is 13.9. The third kappa shape index (κ3) is 2.59. The maximum Gasteiger partial charge on any atom is 0.303 e. The normalized spacial score (nSPS) is 10.5. The number of hydrogen-bond donors (Lipinski definition) is 2. The minimum Gasteiger partial charge on any atom is -0.496 e. The summed E-state index contributed by atoms with van der Waals surface area (Å²) in [5.41, 5.74) is 0.632. The highest BCUT2D eigenvalue weighted by Gasteiger charge is 2.12. The van der Waals surface area contributed by atoms with E-state index < -0.39 is 5.97 Å². The number of carbonyl (C=O) groups is 1. The van der Waals surface area contributed by atoms with Gasteiger partial charge in [-0.3, -0.25) is 9.59 Å². The van der Waals surface area contributed by atoms with E-state index in [1.54, 1.807) is 18.2 Å². The molecule has 1 aromatic heterocycles. The van der Waals surface area contributed by atoms with E-state index in [1.165, 1.54) is 14.2 Å². The average molecular weight is 277 g/mol. The van der Waals surface area contributed by atoms with E-state index >= 15 is 0 Å². The lowest BCUT2D eigenvalue weighted by atomic mass is 10.1. The van der Waals surface area contributed by atoms with Crippen LogP contribution < -0.4 is 15.0 Å². The van der Waals surface area contributed by atoms with Crippen LogP contribution in [-0.4, -0.2) is 30.3 Å². The summed E-state index contributed by atoms with van der Waals surface area (Å²) in [5, 5.41) is 9.39. The fourth-order valence-electron chi connectivity index (χ4n) is 2.06. The summed E-state index contributed by atoms with van der Waals surface area (Å²) in [6.45, 7) is 0. The molecule has 0 radical (unpaired) electrons. The molecule has 20 heavy (non-hydrogen) atoms. The average Bonchev–Trinajstić information content (AvgIpc) is 2.43. The second-order valence-corrected chi connectivity index (χ2v) is 4.28. The second kappa shape index (κ2) is 5.64. The summed E-state index contributed by atoms with van der Waals surface area (Å²) in [7, 11) is 3.04. The number of carboxylic acid groups (broad SMARTS) is 1. The van der Waals surface area contributed by atoms with Crippen molar-refractivity contribution < 1.29 is 19.4 Å². The Morgan fingerprint density at radius 3 is 2.50 bits per heavy atom. The molecule has 0 aliphatic carbocycles. The maximum atomic E-state index is 12.0. The van der Waals surface area contributed by atoms with Crippen molar-refractivity contribution in [2.24, 2.45) is 0 Å². The van der Waals surface area contributed by atoms with E-state index in [9.17, 15) is 9.59 Å². The highest BCUT2D eigenvalue weighted by molar-refractivity contribution is 5.90. The molecule has 2 rings (SSSR count). The van der Waals surface area contributed by atoms with E-state index in [4.69, 9.17) is 14.6 Å². The molecule has 2 N–H and O–H groups in total. The van der Waals surface area contributed by atoms with Crippen molar-refractivity contribution in [3.8, 4) is 11.5 Å². The van der Waals surface area contributed by atoms with Crippen LogP contribution in [0, 0.1) is 0 Å². The molecule has 0 bridgehead atoms. The molecular weight excluding hydrogens is 262 g/mol. The topological polar surface area (TPSA) is 88.6 Å². The molecule has 1 aromatic carbocycles. The summed E-state index contributed by atoms with van der Waals surface area (Å²) in [5.74, 6) is 0.179. The molecule has 0 aliphatic rings. The van der Waals surface area contributed by atoms with Gasteiger partial charge >= 0.3 is 5.97 Å². The highest BCUT2D eigenvalue weighted by atomic mass is 16.5. The number of H-pyrrole nitrogens is 1. The summed E-state index contributed by atoms with van der Waals surface area (Å²) < 4.78 is 10.5. The van der Waals surface area contributed by atoms with Crippen molar-refractivity contribution in [1.82, 2.24) is 4.98 Å². The number of rotatable bonds is 5. The number of aromatic nitrogens is 1. The van der Waals surface area contributed by atoms with Crippen LogP contribution >= 0.6 is 0 Å². The molecular formula is C14H15NO5. The molecule has 106 valence electrons. The number of pyridine rings is 1. The molecule has 0 amide bonds. The number of aromatic amines is 1. The molecule has 0 fully saturated rings. The lowest BCUT2D eigenvalue weighted by molar-refractivity contribution is -0.136. The second-order valence-electron chi connectivity index (χ2n) is 4.28. The van der Waals surface area contributed by atoms with E-state index in [2.05, 4.69) is 4.98 Å². The summed E-state index contributed by atoms with van der Waals surface area (Å²) in [6, 6.07) is 5.09. The number of benzene rings is 1. The molecule has 0 aliphatic heterocycles. The molecule has 6 nitrogen and oxygen atoms in total. The van der Waals surface area contributed by atoms with Crippen LogP contribution in [0.15, 0.2) is 23.0 Å². The van der Waals surface area contributed by atoms with Gasteiger partial charge in [-0.25, -0.2) is 0 Å². The largest absolute Gasteiger partial charge is 0.496 e. The molecule has 2 aromatic rings. The van der Waals surface area contributed by atoms with Crippen LogP contribution in [0.2, 0.25) is 0 Å². The number of methoxy groups -OCH3 is 2. The number of ether oxygens (including phenoxy) is 2. The molecule has 6 heteroatoms. The van der Waals surface area contributed by atoms with E-state index in [0.717, 1.165) is 0 Å². The molecule has 0 saturated carbocycles. The smallest absolute Gasteiger partial charge is 0.303 e. The number of hydrogen-bond acceptors (Lipinski definition) is 4. The van der Waals surface area contributed by atoms with E-state index in [-0.39, 0.29) is 18.4 Å². The molecule has 0 saturated heterocycles. The Balaban J connectivity index is 2.61. The minimum atomic E-state index is -0.942. The van der Waals surface area contributed by atoms with Gasteiger partial charge in [0.1, 0.15) is 11.5 Å². The standard InChI is InChI=1S/C14H15NO5/c1-19-10-4-5-11(20-2)13-9(10)7-8(14(18)15-13)3-6-12(16)17/h4-5,7H,3,6H2,1-2H3,(H,15,18)(H,16,17). The third-order valence-corrected chi connectivity index (χ3v) is 3.06. The fourth-order valence-corrected chi connectivity index (χ4v) is 2.06. The first-order valence-corrected chi connectivity index (χ1v) is 6.05.